The Hall–Kier alpha value is -4.07. The van der Waals surface area contributed by atoms with Crippen LogP contribution in [0, 0.1) is 5.82 Å². The maximum atomic E-state index is 12.9. The minimum absolute atomic E-state index is 0.156. The van der Waals surface area contributed by atoms with Crippen molar-refractivity contribution in [3.8, 4) is 0 Å². The highest BCUT2D eigenvalue weighted by Gasteiger charge is 2.11. The van der Waals surface area contributed by atoms with Gasteiger partial charge in [0, 0.05) is 23.0 Å². The summed E-state index contributed by atoms with van der Waals surface area (Å²) in [6, 6.07) is 16.1. The number of aromatic nitrogens is 1. The van der Waals surface area contributed by atoms with E-state index < -0.39 is 23.5 Å². The van der Waals surface area contributed by atoms with Crippen LogP contribution in [0.5, 0.6) is 0 Å². The van der Waals surface area contributed by atoms with Gasteiger partial charge < -0.3 is 5.32 Å². The van der Waals surface area contributed by atoms with Gasteiger partial charge >= 0.3 is 0 Å². The number of benzene rings is 2. The van der Waals surface area contributed by atoms with Crippen molar-refractivity contribution in [2.45, 2.75) is 0 Å². The predicted molar refractivity (Wildman–Crippen MR) is 100.0 cm³/mol. The number of rotatable bonds is 4. The fraction of sp³-hybridized carbons (Fsp3) is 0. The SMILES string of the molecule is O=C(NNC(=O)c1ccccn1)c1cccc(NC(=O)c2ccc(F)cc2)c1. The van der Waals surface area contributed by atoms with Gasteiger partial charge in [0.15, 0.2) is 0 Å². The lowest BCUT2D eigenvalue weighted by Gasteiger charge is -2.09. The molecule has 0 aliphatic rings. The summed E-state index contributed by atoms with van der Waals surface area (Å²) in [4.78, 5) is 40.2. The molecule has 0 aliphatic heterocycles. The minimum atomic E-state index is -0.567. The van der Waals surface area contributed by atoms with Gasteiger partial charge in [0.25, 0.3) is 17.7 Å². The van der Waals surface area contributed by atoms with Crippen molar-refractivity contribution in [1.29, 1.82) is 0 Å². The van der Waals surface area contributed by atoms with Crippen molar-refractivity contribution >= 4 is 23.4 Å². The molecule has 28 heavy (non-hydrogen) atoms. The molecule has 0 fully saturated rings. The zero-order valence-electron chi connectivity index (χ0n) is 14.5. The molecule has 0 saturated heterocycles. The molecule has 0 spiro atoms. The molecule has 1 aromatic heterocycles. The quantitative estimate of drug-likeness (QED) is 0.608. The molecule has 0 radical (unpaired) electrons. The second-order valence-electron chi connectivity index (χ2n) is 5.67. The third-order valence-electron chi connectivity index (χ3n) is 3.68. The van der Waals surface area contributed by atoms with Crippen molar-refractivity contribution in [2.75, 3.05) is 5.32 Å². The van der Waals surface area contributed by atoms with Crippen LogP contribution in [0.1, 0.15) is 31.2 Å². The van der Waals surface area contributed by atoms with Gasteiger partial charge in [0.2, 0.25) is 0 Å². The summed E-state index contributed by atoms with van der Waals surface area (Å²) < 4.78 is 12.9. The van der Waals surface area contributed by atoms with E-state index in [4.69, 9.17) is 0 Å². The fourth-order valence-corrected chi connectivity index (χ4v) is 2.29. The Balaban J connectivity index is 1.62. The van der Waals surface area contributed by atoms with Crippen LogP contribution in [0.25, 0.3) is 0 Å². The number of anilines is 1. The largest absolute Gasteiger partial charge is 0.322 e. The smallest absolute Gasteiger partial charge is 0.288 e. The number of hydrazine groups is 1. The predicted octanol–water partition coefficient (Wildman–Crippen LogP) is 2.55. The van der Waals surface area contributed by atoms with E-state index in [0.29, 0.717) is 5.69 Å². The molecule has 0 atom stereocenters. The molecular weight excluding hydrogens is 363 g/mol. The van der Waals surface area contributed by atoms with E-state index >= 15 is 0 Å². The first-order valence-electron chi connectivity index (χ1n) is 8.21. The standard InChI is InChI=1S/C20H15FN4O3/c21-15-9-7-13(8-10-15)18(26)23-16-5-3-4-14(12-16)19(27)24-25-20(28)17-6-1-2-11-22-17/h1-12H,(H,23,26)(H,24,27)(H,25,28). The van der Waals surface area contributed by atoms with Crippen molar-refractivity contribution < 1.29 is 18.8 Å². The third-order valence-corrected chi connectivity index (χ3v) is 3.68. The molecule has 7 nitrogen and oxygen atoms in total. The Morgan fingerprint density at radius 2 is 1.50 bits per heavy atom. The summed E-state index contributed by atoms with van der Waals surface area (Å²) in [5, 5.41) is 2.62. The highest BCUT2D eigenvalue weighted by molar-refractivity contribution is 6.05. The summed E-state index contributed by atoms with van der Waals surface area (Å²) in [6.07, 6.45) is 1.46. The number of hydrogen-bond acceptors (Lipinski definition) is 4. The van der Waals surface area contributed by atoms with Gasteiger partial charge in [-0.2, -0.15) is 0 Å². The van der Waals surface area contributed by atoms with E-state index in [9.17, 15) is 18.8 Å². The molecule has 2 aromatic carbocycles. The maximum absolute atomic E-state index is 12.9. The Labute approximate surface area is 159 Å². The molecule has 140 valence electrons. The topological polar surface area (TPSA) is 100 Å². The van der Waals surface area contributed by atoms with Crippen LogP contribution in [-0.2, 0) is 0 Å². The van der Waals surface area contributed by atoms with Gasteiger partial charge in [0.1, 0.15) is 11.5 Å². The minimum Gasteiger partial charge on any atom is -0.322 e. The molecule has 0 aliphatic carbocycles. The van der Waals surface area contributed by atoms with E-state index in [1.807, 2.05) is 0 Å². The van der Waals surface area contributed by atoms with Crippen molar-refractivity contribution in [2.24, 2.45) is 0 Å². The van der Waals surface area contributed by atoms with E-state index in [-0.39, 0.29) is 16.8 Å². The number of halogens is 1. The number of amides is 3. The summed E-state index contributed by atoms with van der Waals surface area (Å²) in [5.41, 5.74) is 5.57. The zero-order valence-corrected chi connectivity index (χ0v) is 14.5. The number of carbonyl (C=O) groups excluding carboxylic acids is 3. The first-order valence-corrected chi connectivity index (χ1v) is 8.21. The molecule has 0 unspecified atom stereocenters. The van der Waals surface area contributed by atoms with Crippen LogP contribution in [0.2, 0.25) is 0 Å². The van der Waals surface area contributed by atoms with E-state index in [2.05, 4.69) is 21.2 Å². The average molecular weight is 378 g/mol. The van der Waals surface area contributed by atoms with Crippen LogP contribution in [0.4, 0.5) is 10.1 Å². The van der Waals surface area contributed by atoms with E-state index in [1.54, 1.807) is 24.3 Å². The zero-order chi connectivity index (χ0) is 19.9. The Kier molecular flexibility index (Phi) is 5.71. The average Bonchev–Trinajstić information content (AvgIpc) is 2.73. The van der Waals surface area contributed by atoms with E-state index in [0.717, 1.165) is 0 Å². The summed E-state index contributed by atoms with van der Waals surface area (Å²) in [7, 11) is 0. The van der Waals surface area contributed by atoms with E-state index in [1.165, 1.54) is 48.7 Å². The Bertz CT molecular complexity index is 1010. The van der Waals surface area contributed by atoms with Gasteiger partial charge in [-0.3, -0.25) is 30.2 Å². The summed E-state index contributed by atoms with van der Waals surface area (Å²) in [5.74, 6) is -2.01. The van der Waals surface area contributed by atoms with Crippen molar-refractivity contribution in [1.82, 2.24) is 15.8 Å². The number of pyridine rings is 1. The van der Waals surface area contributed by atoms with Crippen LogP contribution >= 0.6 is 0 Å². The molecule has 3 N–H and O–H groups in total. The lowest BCUT2D eigenvalue weighted by Crippen LogP contribution is -2.41. The monoisotopic (exact) mass is 378 g/mol. The van der Waals surface area contributed by atoms with Crippen LogP contribution in [0.15, 0.2) is 72.9 Å². The van der Waals surface area contributed by atoms with Gasteiger partial charge in [-0.05, 0) is 54.6 Å². The van der Waals surface area contributed by atoms with Crippen molar-refractivity contribution in [3.63, 3.8) is 0 Å². The van der Waals surface area contributed by atoms with Crippen LogP contribution in [-0.4, -0.2) is 22.7 Å². The highest BCUT2D eigenvalue weighted by atomic mass is 19.1. The van der Waals surface area contributed by atoms with Crippen LogP contribution < -0.4 is 16.2 Å². The second kappa shape index (κ2) is 8.54. The molecule has 8 heteroatoms. The number of nitrogens with one attached hydrogen (secondary N) is 3. The molecule has 0 saturated carbocycles. The number of hydrogen-bond donors (Lipinski definition) is 3. The van der Waals surface area contributed by atoms with Gasteiger partial charge in [-0.25, -0.2) is 4.39 Å². The first kappa shape index (κ1) is 18.7. The summed E-state index contributed by atoms with van der Waals surface area (Å²) >= 11 is 0. The number of carbonyl (C=O) groups is 3. The van der Waals surface area contributed by atoms with Gasteiger partial charge in [-0.1, -0.05) is 12.1 Å². The maximum Gasteiger partial charge on any atom is 0.288 e. The lowest BCUT2D eigenvalue weighted by molar-refractivity contribution is 0.0844. The van der Waals surface area contributed by atoms with Crippen molar-refractivity contribution in [3.05, 3.63) is 95.6 Å². The lowest BCUT2D eigenvalue weighted by atomic mass is 10.1. The third kappa shape index (κ3) is 4.76. The molecule has 0 bridgehead atoms. The fourth-order valence-electron chi connectivity index (χ4n) is 2.29. The molecular formula is C20H15FN4O3. The van der Waals surface area contributed by atoms with Gasteiger partial charge in [-0.15, -0.1) is 0 Å². The number of nitrogens with zero attached hydrogens (tertiary/aromatic N) is 1. The molecule has 1 heterocycles. The Morgan fingerprint density at radius 1 is 0.750 bits per heavy atom. The highest BCUT2D eigenvalue weighted by Crippen LogP contribution is 2.13. The summed E-state index contributed by atoms with van der Waals surface area (Å²) in [6.45, 7) is 0. The van der Waals surface area contributed by atoms with Crippen LogP contribution in [0.3, 0.4) is 0 Å². The Morgan fingerprint density at radius 3 is 2.21 bits per heavy atom. The van der Waals surface area contributed by atoms with Gasteiger partial charge in [0.05, 0.1) is 0 Å². The molecule has 3 amide bonds. The second-order valence-corrected chi connectivity index (χ2v) is 5.67. The molecule has 3 aromatic rings. The normalized spacial score (nSPS) is 10.0. The molecule has 3 rings (SSSR count). The first-order chi connectivity index (χ1) is 13.5.